The first-order valence-corrected chi connectivity index (χ1v) is 10.8. The van der Waals surface area contributed by atoms with Gasteiger partial charge in [0.05, 0.1) is 6.20 Å². The van der Waals surface area contributed by atoms with Crippen molar-refractivity contribution in [3.63, 3.8) is 0 Å². The zero-order chi connectivity index (χ0) is 22.7. The van der Waals surface area contributed by atoms with Gasteiger partial charge in [0.15, 0.2) is 29.1 Å². The average molecular weight is 452 g/mol. The monoisotopic (exact) mass is 452 g/mol. The molecule has 0 saturated carbocycles. The lowest BCUT2D eigenvalue weighted by Crippen LogP contribution is -2.53. The Morgan fingerprint density at radius 3 is 2.67 bits per heavy atom. The van der Waals surface area contributed by atoms with Crippen LogP contribution in [0.3, 0.4) is 0 Å². The second-order valence-corrected chi connectivity index (χ2v) is 8.27. The van der Waals surface area contributed by atoms with E-state index in [2.05, 4.69) is 32.0 Å². The summed E-state index contributed by atoms with van der Waals surface area (Å²) in [5.74, 6) is -1.97. The molecule has 33 heavy (non-hydrogen) atoms. The second kappa shape index (κ2) is 7.12. The van der Waals surface area contributed by atoms with Crippen LogP contribution in [0.25, 0.3) is 23.0 Å². The standard InChI is InChI=1S/C22H19F3N8/c1-2-22-5-3-4-7-33(22)19-16(32-12-28-30-20(22)32)11-27-21(29-19)31-8-6-26-18(31)13-9-14(23)17(25)15(24)10-13/h6,8-12H,2-5,7H2,1H3/t22-/m1/s1. The third kappa shape index (κ3) is 2.74. The smallest absolute Gasteiger partial charge is 0.237 e. The van der Waals surface area contributed by atoms with Crippen molar-refractivity contribution >= 4 is 5.82 Å². The molecule has 3 aromatic heterocycles. The molecule has 1 fully saturated rings. The van der Waals surface area contributed by atoms with E-state index in [1.165, 1.54) is 10.8 Å². The lowest BCUT2D eigenvalue weighted by atomic mass is 9.82. The largest absolute Gasteiger partial charge is 0.342 e. The van der Waals surface area contributed by atoms with Crippen LogP contribution in [0, 0.1) is 17.5 Å². The maximum absolute atomic E-state index is 13.9. The molecule has 5 heterocycles. The maximum atomic E-state index is 13.9. The number of anilines is 1. The van der Waals surface area contributed by atoms with Gasteiger partial charge in [-0.15, -0.1) is 10.2 Å². The minimum atomic E-state index is -1.52. The first kappa shape index (κ1) is 19.9. The van der Waals surface area contributed by atoms with E-state index in [-0.39, 0.29) is 16.9 Å². The molecule has 0 N–H and O–H groups in total. The molecule has 168 valence electrons. The SMILES string of the molecule is CC[C@]12CCCCN1c1nc(-n3ccnc3-c3cc(F)c(F)c(F)c3)ncc1-n1cnnc12. The van der Waals surface area contributed by atoms with E-state index >= 15 is 0 Å². The lowest BCUT2D eigenvalue weighted by molar-refractivity contribution is 0.274. The fraction of sp³-hybridized carbons (Fsp3) is 0.318. The number of nitrogens with zero attached hydrogens (tertiary/aromatic N) is 8. The van der Waals surface area contributed by atoms with Crippen LogP contribution >= 0.6 is 0 Å². The number of rotatable bonds is 3. The van der Waals surface area contributed by atoms with Gasteiger partial charge in [-0.3, -0.25) is 9.13 Å². The molecule has 2 aliphatic heterocycles. The third-order valence-corrected chi connectivity index (χ3v) is 6.64. The molecular weight excluding hydrogens is 433 g/mol. The van der Waals surface area contributed by atoms with Gasteiger partial charge in [-0.25, -0.2) is 23.1 Å². The van der Waals surface area contributed by atoms with Gasteiger partial charge in [-0.2, -0.15) is 4.98 Å². The number of fused-ring (bicyclic) bond motifs is 6. The number of imidazole rings is 1. The summed E-state index contributed by atoms with van der Waals surface area (Å²) < 4.78 is 44.7. The Labute approximate surface area is 186 Å². The molecule has 1 saturated heterocycles. The third-order valence-electron chi connectivity index (χ3n) is 6.64. The van der Waals surface area contributed by atoms with Crippen LogP contribution in [0.15, 0.2) is 37.1 Å². The van der Waals surface area contributed by atoms with Crippen LogP contribution in [-0.2, 0) is 5.54 Å². The van der Waals surface area contributed by atoms with Crippen molar-refractivity contribution in [1.82, 2.24) is 34.3 Å². The fourth-order valence-corrected chi connectivity index (χ4v) is 5.04. The van der Waals surface area contributed by atoms with E-state index in [1.807, 2.05) is 4.57 Å². The number of benzene rings is 1. The molecule has 0 spiro atoms. The highest BCUT2D eigenvalue weighted by Crippen LogP contribution is 2.47. The summed E-state index contributed by atoms with van der Waals surface area (Å²) in [6.45, 7) is 2.95. The summed E-state index contributed by atoms with van der Waals surface area (Å²) in [7, 11) is 0. The van der Waals surface area contributed by atoms with Gasteiger partial charge >= 0.3 is 0 Å². The van der Waals surface area contributed by atoms with Crippen molar-refractivity contribution in [3.05, 3.63) is 60.3 Å². The molecule has 1 atom stereocenters. The number of piperidine rings is 1. The summed E-state index contributed by atoms with van der Waals surface area (Å²) in [5.41, 5.74) is 0.541. The molecule has 6 rings (SSSR count). The van der Waals surface area contributed by atoms with Crippen molar-refractivity contribution in [2.24, 2.45) is 0 Å². The molecule has 0 aliphatic carbocycles. The second-order valence-electron chi connectivity index (χ2n) is 8.27. The summed E-state index contributed by atoms with van der Waals surface area (Å²) in [4.78, 5) is 15.8. The first-order valence-electron chi connectivity index (χ1n) is 10.8. The van der Waals surface area contributed by atoms with Crippen LogP contribution in [-0.4, -0.2) is 40.8 Å². The van der Waals surface area contributed by atoms with Crippen LogP contribution in [0.2, 0.25) is 0 Å². The van der Waals surface area contributed by atoms with Gasteiger partial charge in [-0.05, 0) is 37.8 Å². The molecule has 11 heteroatoms. The molecule has 0 radical (unpaired) electrons. The minimum Gasteiger partial charge on any atom is -0.342 e. The van der Waals surface area contributed by atoms with E-state index in [9.17, 15) is 13.2 Å². The topological polar surface area (TPSA) is 77.5 Å². The van der Waals surface area contributed by atoms with E-state index in [0.717, 1.165) is 61.7 Å². The van der Waals surface area contributed by atoms with E-state index < -0.39 is 17.5 Å². The van der Waals surface area contributed by atoms with Crippen molar-refractivity contribution in [2.45, 2.75) is 38.1 Å². The Kier molecular flexibility index (Phi) is 4.29. The van der Waals surface area contributed by atoms with Gasteiger partial charge in [-0.1, -0.05) is 6.92 Å². The van der Waals surface area contributed by atoms with Crippen LogP contribution in [0.4, 0.5) is 19.0 Å². The highest BCUT2D eigenvalue weighted by molar-refractivity contribution is 5.65. The Hall–Kier alpha value is -3.76. The Morgan fingerprint density at radius 2 is 1.88 bits per heavy atom. The highest BCUT2D eigenvalue weighted by Gasteiger charge is 2.48. The predicted molar refractivity (Wildman–Crippen MR) is 113 cm³/mol. The number of aromatic nitrogens is 7. The zero-order valence-electron chi connectivity index (χ0n) is 17.7. The predicted octanol–water partition coefficient (Wildman–Crippen LogP) is 3.94. The normalized spacial score (nSPS) is 19.2. The molecule has 0 bridgehead atoms. The average Bonchev–Trinajstić information content (AvgIpc) is 3.52. The van der Waals surface area contributed by atoms with E-state index in [0.29, 0.717) is 5.95 Å². The zero-order valence-corrected chi connectivity index (χ0v) is 17.7. The molecule has 4 aromatic rings. The van der Waals surface area contributed by atoms with E-state index in [1.54, 1.807) is 18.7 Å². The Balaban J connectivity index is 1.52. The van der Waals surface area contributed by atoms with Crippen molar-refractivity contribution < 1.29 is 13.2 Å². The van der Waals surface area contributed by atoms with Gasteiger partial charge < -0.3 is 4.90 Å². The summed E-state index contributed by atoms with van der Waals surface area (Å²) in [6, 6.07) is 1.82. The Morgan fingerprint density at radius 1 is 1.06 bits per heavy atom. The lowest BCUT2D eigenvalue weighted by Gasteiger charge is -2.49. The maximum Gasteiger partial charge on any atom is 0.237 e. The van der Waals surface area contributed by atoms with Crippen molar-refractivity contribution in [1.29, 1.82) is 0 Å². The minimum absolute atomic E-state index is 0.0831. The van der Waals surface area contributed by atoms with E-state index in [4.69, 9.17) is 4.98 Å². The molecular formula is C22H19F3N8. The summed E-state index contributed by atoms with van der Waals surface area (Å²) in [5, 5.41) is 8.58. The van der Waals surface area contributed by atoms with Crippen molar-refractivity contribution in [3.8, 4) is 23.0 Å². The van der Waals surface area contributed by atoms with Crippen molar-refractivity contribution in [2.75, 3.05) is 11.4 Å². The summed E-state index contributed by atoms with van der Waals surface area (Å²) in [6.07, 6.45) is 10.3. The number of hydrogen-bond acceptors (Lipinski definition) is 6. The van der Waals surface area contributed by atoms with Crippen LogP contribution < -0.4 is 4.90 Å². The highest BCUT2D eigenvalue weighted by atomic mass is 19.2. The van der Waals surface area contributed by atoms with Crippen LogP contribution in [0.1, 0.15) is 38.4 Å². The molecule has 2 aliphatic rings. The Bertz CT molecular complexity index is 1360. The molecule has 8 nitrogen and oxygen atoms in total. The molecule has 0 unspecified atom stereocenters. The quantitative estimate of drug-likeness (QED) is 0.439. The van der Waals surface area contributed by atoms with Gasteiger partial charge in [0, 0.05) is 24.5 Å². The molecule has 0 amide bonds. The summed E-state index contributed by atoms with van der Waals surface area (Å²) >= 11 is 0. The van der Waals surface area contributed by atoms with Gasteiger partial charge in [0.25, 0.3) is 0 Å². The number of halogens is 3. The van der Waals surface area contributed by atoms with Gasteiger partial charge in [0.2, 0.25) is 5.95 Å². The molecule has 1 aromatic carbocycles. The van der Waals surface area contributed by atoms with Gasteiger partial charge in [0.1, 0.15) is 23.4 Å². The van der Waals surface area contributed by atoms with Crippen LogP contribution in [0.5, 0.6) is 0 Å². The number of hydrogen-bond donors (Lipinski definition) is 0. The fourth-order valence-electron chi connectivity index (χ4n) is 5.04. The first-order chi connectivity index (χ1) is 16.0.